The smallest absolute Gasteiger partial charge is 0.416 e. The topological polar surface area (TPSA) is 46.3 Å². The van der Waals surface area contributed by atoms with Crippen LogP contribution in [0.5, 0.6) is 0 Å². The molecule has 0 bridgehead atoms. The van der Waals surface area contributed by atoms with E-state index in [1.54, 1.807) is 24.8 Å². The fourth-order valence-electron chi connectivity index (χ4n) is 3.74. The van der Waals surface area contributed by atoms with Crippen LogP contribution in [-0.2, 0) is 12.6 Å². The van der Waals surface area contributed by atoms with Crippen molar-refractivity contribution in [3.8, 4) is 0 Å². The van der Waals surface area contributed by atoms with Gasteiger partial charge in [0.25, 0.3) is 5.91 Å². The summed E-state index contributed by atoms with van der Waals surface area (Å²) in [5.41, 5.74) is 0.0782. The van der Waals surface area contributed by atoms with Crippen LogP contribution >= 0.6 is 0 Å². The number of halogens is 3. The summed E-state index contributed by atoms with van der Waals surface area (Å²) >= 11 is 0. The van der Waals surface area contributed by atoms with Gasteiger partial charge in [-0.3, -0.25) is 4.79 Å². The number of oxazole rings is 1. The molecule has 0 aliphatic carbocycles. The second kappa shape index (κ2) is 7.74. The summed E-state index contributed by atoms with van der Waals surface area (Å²) in [5, 5.41) is 0. The number of amides is 1. The van der Waals surface area contributed by atoms with Crippen molar-refractivity contribution in [2.24, 2.45) is 5.92 Å². The molecule has 1 amide bonds. The SMILES string of the molecule is Cc1nc(C(=O)N2CCCC(CCc3ccccc3C(F)(F)F)C2)c(C)o1. The van der Waals surface area contributed by atoms with Gasteiger partial charge in [0, 0.05) is 20.0 Å². The number of rotatable bonds is 4. The van der Waals surface area contributed by atoms with Crippen LogP contribution in [0.15, 0.2) is 28.7 Å². The number of carbonyl (C=O) groups excluding carboxylic acids is 1. The van der Waals surface area contributed by atoms with Crippen molar-refractivity contribution in [1.29, 1.82) is 0 Å². The lowest BCUT2D eigenvalue weighted by atomic mass is 9.90. The zero-order chi connectivity index (χ0) is 19.6. The molecule has 0 saturated carbocycles. The molecule has 1 aromatic carbocycles. The summed E-state index contributed by atoms with van der Waals surface area (Å²) in [6.45, 7) is 4.59. The summed E-state index contributed by atoms with van der Waals surface area (Å²) in [4.78, 5) is 18.6. The Morgan fingerprint density at radius 2 is 2.04 bits per heavy atom. The normalized spacial score (nSPS) is 18.0. The molecular weight excluding hydrogens is 357 g/mol. The van der Waals surface area contributed by atoms with Crippen molar-refractivity contribution in [2.75, 3.05) is 13.1 Å². The molecule has 1 saturated heterocycles. The molecule has 1 aliphatic heterocycles. The number of carbonyl (C=O) groups is 1. The number of hydrogen-bond acceptors (Lipinski definition) is 3. The average Bonchev–Trinajstić information content (AvgIpc) is 2.97. The third-order valence-electron chi connectivity index (χ3n) is 5.06. The molecule has 7 heteroatoms. The Bertz CT molecular complexity index is 814. The first-order chi connectivity index (χ1) is 12.8. The molecule has 1 fully saturated rings. The van der Waals surface area contributed by atoms with E-state index in [9.17, 15) is 18.0 Å². The summed E-state index contributed by atoms with van der Waals surface area (Å²) in [7, 11) is 0. The van der Waals surface area contributed by atoms with E-state index >= 15 is 0 Å². The summed E-state index contributed by atoms with van der Waals surface area (Å²) in [5.74, 6) is 0.967. The Balaban J connectivity index is 1.64. The maximum atomic E-state index is 13.1. The first-order valence-corrected chi connectivity index (χ1v) is 9.14. The van der Waals surface area contributed by atoms with Crippen molar-refractivity contribution in [3.05, 3.63) is 52.7 Å². The van der Waals surface area contributed by atoms with Crippen LogP contribution in [0.1, 0.15) is 52.5 Å². The van der Waals surface area contributed by atoms with Gasteiger partial charge in [-0.2, -0.15) is 13.2 Å². The van der Waals surface area contributed by atoms with Gasteiger partial charge in [-0.15, -0.1) is 0 Å². The largest absolute Gasteiger partial charge is 0.445 e. The predicted molar refractivity (Wildman–Crippen MR) is 94.4 cm³/mol. The monoisotopic (exact) mass is 380 g/mol. The van der Waals surface area contributed by atoms with E-state index in [1.165, 1.54) is 12.1 Å². The molecule has 1 unspecified atom stereocenters. The van der Waals surface area contributed by atoms with Gasteiger partial charge in [0.2, 0.25) is 0 Å². The fourth-order valence-corrected chi connectivity index (χ4v) is 3.74. The minimum Gasteiger partial charge on any atom is -0.445 e. The predicted octanol–water partition coefficient (Wildman–Crippen LogP) is 4.80. The second-order valence-corrected chi connectivity index (χ2v) is 7.09. The van der Waals surface area contributed by atoms with Crippen molar-refractivity contribution >= 4 is 5.91 Å². The zero-order valence-electron chi connectivity index (χ0n) is 15.5. The van der Waals surface area contributed by atoms with Gasteiger partial charge in [0.15, 0.2) is 11.6 Å². The minimum atomic E-state index is -4.34. The van der Waals surface area contributed by atoms with Crippen molar-refractivity contribution in [2.45, 2.75) is 45.7 Å². The number of nitrogens with zero attached hydrogens (tertiary/aromatic N) is 2. The molecule has 2 heterocycles. The first-order valence-electron chi connectivity index (χ1n) is 9.14. The second-order valence-electron chi connectivity index (χ2n) is 7.09. The highest BCUT2D eigenvalue weighted by atomic mass is 19.4. The highest BCUT2D eigenvalue weighted by Crippen LogP contribution is 2.33. The van der Waals surface area contributed by atoms with Crippen LogP contribution in [0.25, 0.3) is 0 Å². The molecule has 1 aromatic heterocycles. The Morgan fingerprint density at radius 3 is 2.70 bits per heavy atom. The highest BCUT2D eigenvalue weighted by Gasteiger charge is 2.33. The Morgan fingerprint density at radius 1 is 1.30 bits per heavy atom. The molecule has 4 nitrogen and oxygen atoms in total. The maximum absolute atomic E-state index is 13.1. The number of aryl methyl sites for hydroxylation is 3. The highest BCUT2D eigenvalue weighted by molar-refractivity contribution is 5.93. The Labute approximate surface area is 156 Å². The van der Waals surface area contributed by atoms with E-state index in [1.807, 2.05) is 0 Å². The summed E-state index contributed by atoms with van der Waals surface area (Å²) < 4.78 is 44.8. The maximum Gasteiger partial charge on any atom is 0.416 e. The molecule has 0 spiro atoms. The van der Waals surface area contributed by atoms with Gasteiger partial charge >= 0.3 is 6.18 Å². The lowest BCUT2D eigenvalue weighted by Gasteiger charge is -2.32. The van der Waals surface area contributed by atoms with Gasteiger partial charge in [-0.1, -0.05) is 18.2 Å². The fraction of sp³-hybridized carbons (Fsp3) is 0.500. The quantitative estimate of drug-likeness (QED) is 0.766. The molecule has 2 aromatic rings. The van der Waals surface area contributed by atoms with Crippen molar-refractivity contribution < 1.29 is 22.4 Å². The third kappa shape index (κ3) is 4.51. The van der Waals surface area contributed by atoms with Crippen LogP contribution in [0.2, 0.25) is 0 Å². The lowest BCUT2D eigenvalue weighted by Crippen LogP contribution is -2.40. The van der Waals surface area contributed by atoms with Crippen LogP contribution in [0, 0.1) is 19.8 Å². The van der Waals surface area contributed by atoms with E-state index in [0.717, 1.165) is 18.9 Å². The zero-order valence-corrected chi connectivity index (χ0v) is 15.5. The molecule has 1 atom stereocenters. The number of alkyl halides is 3. The molecule has 3 rings (SSSR count). The summed E-state index contributed by atoms with van der Waals surface area (Å²) in [6, 6.07) is 5.71. The van der Waals surface area contributed by atoms with E-state index < -0.39 is 11.7 Å². The Kier molecular flexibility index (Phi) is 5.58. The van der Waals surface area contributed by atoms with Crippen LogP contribution < -0.4 is 0 Å². The molecule has 1 aliphatic rings. The number of benzene rings is 1. The molecule has 0 radical (unpaired) electrons. The van der Waals surface area contributed by atoms with Gasteiger partial charge in [0.05, 0.1) is 5.56 Å². The van der Waals surface area contributed by atoms with Crippen LogP contribution in [0.3, 0.4) is 0 Å². The van der Waals surface area contributed by atoms with Gasteiger partial charge in [-0.05, 0) is 50.2 Å². The number of aromatic nitrogens is 1. The van der Waals surface area contributed by atoms with E-state index in [0.29, 0.717) is 48.8 Å². The van der Waals surface area contributed by atoms with Crippen molar-refractivity contribution in [3.63, 3.8) is 0 Å². The minimum absolute atomic E-state index is 0.162. The van der Waals surface area contributed by atoms with Gasteiger partial charge < -0.3 is 9.32 Å². The van der Waals surface area contributed by atoms with Crippen LogP contribution in [-0.4, -0.2) is 28.9 Å². The van der Waals surface area contributed by atoms with E-state index in [4.69, 9.17) is 4.42 Å². The lowest BCUT2D eigenvalue weighted by molar-refractivity contribution is -0.138. The van der Waals surface area contributed by atoms with E-state index in [-0.39, 0.29) is 11.8 Å². The number of piperidine rings is 1. The van der Waals surface area contributed by atoms with Gasteiger partial charge in [-0.25, -0.2) is 4.98 Å². The standard InChI is InChI=1S/C20H23F3N2O2/c1-13-18(24-14(2)27-13)19(26)25-11-5-6-15(12-25)9-10-16-7-3-4-8-17(16)20(21,22)23/h3-4,7-8,15H,5-6,9-12H2,1-2H3. The first kappa shape index (κ1) is 19.5. The van der Waals surface area contributed by atoms with Gasteiger partial charge in [0.1, 0.15) is 5.76 Å². The molecule has 146 valence electrons. The molecule has 27 heavy (non-hydrogen) atoms. The van der Waals surface area contributed by atoms with E-state index in [2.05, 4.69) is 4.98 Å². The van der Waals surface area contributed by atoms with Crippen molar-refractivity contribution in [1.82, 2.24) is 9.88 Å². The van der Waals surface area contributed by atoms with Crippen LogP contribution in [0.4, 0.5) is 13.2 Å². The average molecular weight is 380 g/mol. The number of likely N-dealkylation sites (tertiary alicyclic amines) is 1. The molecule has 0 N–H and O–H groups in total. The third-order valence-corrected chi connectivity index (χ3v) is 5.06. The Hall–Kier alpha value is -2.31. The summed E-state index contributed by atoms with van der Waals surface area (Å²) in [6.07, 6.45) is -1.62. The molecular formula is C20H23F3N2O2. The number of hydrogen-bond donors (Lipinski definition) is 0.